The van der Waals surface area contributed by atoms with Gasteiger partial charge in [-0.05, 0) is 29.8 Å². The molecule has 1 aromatic heterocycles. The molecular formula is C13H11Cl2NO2S. The van der Waals surface area contributed by atoms with Gasteiger partial charge in [-0.3, -0.25) is 4.79 Å². The van der Waals surface area contributed by atoms with Crippen molar-refractivity contribution >= 4 is 40.4 Å². The first-order valence-electron chi connectivity index (χ1n) is 5.52. The van der Waals surface area contributed by atoms with Gasteiger partial charge in [-0.1, -0.05) is 35.3 Å². The Morgan fingerprint density at radius 3 is 2.42 bits per heavy atom. The number of halogens is 2. The van der Waals surface area contributed by atoms with Crippen LogP contribution in [0.2, 0.25) is 9.36 Å². The minimum Gasteiger partial charge on any atom is -0.394 e. The summed E-state index contributed by atoms with van der Waals surface area (Å²) in [6, 6.07) is 9.82. The second kappa shape index (κ2) is 6.39. The topological polar surface area (TPSA) is 49.3 Å². The summed E-state index contributed by atoms with van der Waals surface area (Å²) in [7, 11) is 0. The molecule has 0 saturated heterocycles. The Morgan fingerprint density at radius 2 is 1.89 bits per heavy atom. The zero-order valence-corrected chi connectivity index (χ0v) is 12.1. The van der Waals surface area contributed by atoms with E-state index in [1.807, 2.05) is 0 Å². The number of nitrogens with one attached hydrogen (secondary N) is 1. The summed E-state index contributed by atoms with van der Waals surface area (Å²) in [5.74, 6) is -0.258. The van der Waals surface area contributed by atoms with E-state index in [2.05, 4.69) is 5.32 Å². The number of carbonyl (C=O) groups is 1. The van der Waals surface area contributed by atoms with Crippen molar-refractivity contribution in [1.29, 1.82) is 0 Å². The van der Waals surface area contributed by atoms with Crippen LogP contribution in [-0.2, 0) is 0 Å². The van der Waals surface area contributed by atoms with E-state index < -0.39 is 6.04 Å². The minimum absolute atomic E-state index is 0.188. The van der Waals surface area contributed by atoms with Crippen LogP contribution in [0, 0.1) is 0 Å². The summed E-state index contributed by atoms with van der Waals surface area (Å²) < 4.78 is 0.553. The Morgan fingerprint density at radius 1 is 1.21 bits per heavy atom. The molecule has 0 radical (unpaired) electrons. The first kappa shape index (κ1) is 14.3. The summed E-state index contributed by atoms with van der Waals surface area (Å²) in [5, 5.41) is 12.7. The lowest BCUT2D eigenvalue weighted by atomic mass is 10.1. The number of aliphatic hydroxyl groups is 1. The zero-order chi connectivity index (χ0) is 13.8. The molecule has 2 aromatic rings. The molecule has 2 rings (SSSR count). The zero-order valence-electron chi connectivity index (χ0n) is 9.77. The van der Waals surface area contributed by atoms with Crippen LogP contribution in [0.4, 0.5) is 0 Å². The van der Waals surface area contributed by atoms with E-state index >= 15 is 0 Å². The van der Waals surface area contributed by atoms with E-state index in [9.17, 15) is 9.90 Å². The number of aliphatic hydroxyl groups excluding tert-OH is 1. The highest BCUT2D eigenvalue weighted by Crippen LogP contribution is 2.22. The Balaban J connectivity index is 2.11. The predicted molar refractivity (Wildman–Crippen MR) is 78.1 cm³/mol. The quantitative estimate of drug-likeness (QED) is 0.907. The van der Waals surface area contributed by atoms with Gasteiger partial charge in [0, 0.05) is 5.02 Å². The predicted octanol–water partition coefficient (Wildman–Crippen LogP) is 3.52. The lowest BCUT2D eigenvalue weighted by Gasteiger charge is -2.16. The van der Waals surface area contributed by atoms with Crippen molar-refractivity contribution in [2.75, 3.05) is 6.61 Å². The summed E-state index contributed by atoms with van der Waals surface area (Å²) in [4.78, 5) is 12.5. The highest BCUT2D eigenvalue weighted by molar-refractivity contribution is 7.17. The fraction of sp³-hybridized carbons (Fsp3) is 0.154. The van der Waals surface area contributed by atoms with Crippen molar-refractivity contribution in [3.8, 4) is 0 Å². The maximum absolute atomic E-state index is 12.0. The van der Waals surface area contributed by atoms with Crippen molar-refractivity contribution in [3.63, 3.8) is 0 Å². The van der Waals surface area contributed by atoms with Crippen LogP contribution in [0.5, 0.6) is 0 Å². The largest absolute Gasteiger partial charge is 0.394 e. The Hall–Kier alpha value is -1.07. The number of thiophene rings is 1. The number of hydrogen-bond donors (Lipinski definition) is 2. The lowest BCUT2D eigenvalue weighted by Crippen LogP contribution is -2.30. The van der Waals surface area contributed by atoms with E-state index in [4.69, 9.17) is 23.2 Å². The standard InChI is InChI=1S/C13H11Cl2NO2S/c14-9-3-1-8(2-4-9)10(7-17)16-13(18)11-5-6-12(15)19-11/h1-6,10,17H,7H2,(H,16,18). The molecule has 1 unspecified atom stereocenters. The number of hydrogen-bond acceptors (Lipinski definition) is 3. The Labute approximate surface area is 124 Å². The van der Waals surface area contributed by atoms with Gasteiger partial charge in [0.1, 0.15) is 0 Å². The summed E-state index contributed by atoms with van der Waals surface area (Å²) in [5.41, 5.74) is 0.794. The van der Waals surface area contributed by atoms with Gasteiger partial charge in [0.25, 0.3) is 5.91 Å². The van der Waals surface area contributed by atoms with Gasteiger partial charge >= 0.3 is 0 Å². The number of amides is 1. The third kappa shape index (κ3) is 3.70. The third-order valence-corrected chi connectivity index (χ3v) is 4.04. The number of rotatable bonds is 4. The second-order valence-electron chi connectivity index (χ2n) is 3.86. The van der Waals surface area contributed by atoms with Crippen molar-refractivity contribution in [2.45, 2.75) is 6.04 Å². The summed E-state index contributed by atoms with van der Waals surface area (Å²) in [6.45, 7) is -0.188. The van der Waals surface area contributed by atoms with Gasteiger partial charge in [-0.25, -0.2) is 0 Å². The van der Waals surface area contributed by atoms with Gasteiger partial charge in [0.05, 0.1) is 21.9 Å². The molecule has 0 aliphatic carbocycles. The second-order valence-corrected chi connectivity index (χ2v) is 6.02. The SMILES string of the molecule is O=C(NC(CO)c1ccc(Cl)cc1)c1ccc(Cl)s1. The monoisotopic (exact) mass is 315 g/mol. The van der Waals surface area contributed by atoms with Gasteiger partial charge in [-0.2, -0.15) is 0 Å². The highest BCUT2D eigenvalue weighted by Gasteiger charge is 2.16. The smallest absolute Gasteiger partial charge is 0.261 e. The molecule has 19 heavy (non-hydrogen) atoms. The van der Waals surface area contributed by atoms with E-state index in [0.29, 0.717) is 14.2 Å². The fourth-order valence-electron chi connectivity index (χ4n) is 1.60. The van der Waals surface area contributed by atoms with E-state index in [1.54, 1.807) is 36.4 Å². The molecule has 0 aliphatic rings. The first-order valence-corrected chi connectivity index (χ1v) is 7.10. The first-order chi connectivity index (χ1) is 9.10. The van der Waals surface area contributed by atoms with Crippen LogP contribution in [0.15, 0.2) is 36.4 Å². The molecule has 1 atom stereocenters. The molecule has 0 bridgehead atoms. The molecule has 0 saturated carbocycles. The molecule has 1 amide bonds. The molecule has 3 nitrogen and oxygen atoms in total. The van der Waals surface area contributed by atoms with Crippen LogP contribution in [0.1, 0.15) is 21.3 Å². The highest BCUT2D eigenvalue weighted by atomic mass is 35.5. The average Bonchev–Trinajstić information content (AvgIpc) is 2.84. The van der Waals surface area contributed by atoms with Gasteiger partial charge in [-0.15, -0.1) is 11.3 Å². The molecule has 0 aliphatic heterocycles. The van der Waals surface area contributed by atoms with Gasteiger partial charge < -0.3 is 10.4 Å². The van der Waals surface area contributed by atoms with Crippen molar-refractivity contribution in [2.24, 2.45) is 0 Å². The van der Waals surface area contributed by atoms with Crippen molar-refractivity contribution in [1.82, 2.24) is 5.32 Å². The Bertz CT molecular complexity index is 568. The Kier molecular flexibility index (Phi) is 4.82. The minimum atomic E-state index is -0.467. The third-order valence-electron chi connectivity index (χ3n) is 2.56. The maximum atomic E-state index is 12.0. The van der Waals surface area contributed by atoms with Crippen molar-refractivity contribution in [3.05, 3.63) is 56.2 Å². The average molecular weight is 316 g/mol. The normalized spacial score (nSPS) is 12.2. The van der Waals surface area contributed by atoms with E-state index in [0.717, 1.165) is 5.56 Å². The number of benzene rings is 1. The molecule has 0 spiro atoms. The van der Waals surface area contributed by atoms with Crippen LogP contribution in [-0.4, -0.2) is 17.6 Å². The molecule has 100 valence electrons. The molecule has 6 heteroatoms. The van der Waals surface area contributed by atoms with Crippen LogP contribution >= 0.6 is 34.5 Å². The molecule has 0 fully saturated rings. The molecule has 1 heterocycles. The maximum Gasteiger partial charge on any atom is 0.261 e. The van der Waals surface area contributed by atoms with Crippen LogP contribution < -0.4 is 5.32 Å². The lowest BCUT2D eigenvalue weighted by molar-refractivity contribution is 0.0920. The van der Waals surface area contributed by atoms with Gasteiger partial charge in [0.2, 0.25) is 0 Å². The van der Waals surface area contributed by atoms with Crippen LogP contribution in [0.3, 0.4) is 0 Å². The molecule has 1 aromatic carbocycles. The molecule has 2 N–H and O–H groups in total. The number of carbonyl (C=O) groups excluding carboxylic acids is 1. The summed E-state index contributed by atoms with van der Waals surface area (Å²) >= 11 is 12.8. The summed E-state index contributed by atoms with van der Waals surface area (Å²) in [6.07, 6.45) is 0. The van der Waals surface area contributed by atoms with Crippen molar-refractivity contribution < 1.29 is 9.90 Å². The van der Waals surface area contributed by atoms with Crippen LogP contribution in [0.25, 0.3) is 0 Å². The molecular weight excluding hydrogens is 305 g/mol. The van der Waals surface area contributed by atoms with E-state index in [1.165, 1.54) is 11.3 Å². The van der Waals surface area contributed by atoms with Gasteiger partial charge in [0.15, 0.2) is 0 Å². The fourth-order valence-corrected chi connectivity index (χ4v) is 2.67. The van der Waals surface area contributed by atoms with E-state index in [-0.39, 0.29) is 12.5 Å².